The number of carboxylic acids is 1. The largest absolute Gasteiger partial charge is 0.497 e. The Morgan fingerprint density at radius 2 is 1.73 bits per heavy atom. The number of carbonyl (C=O) groups excluding carboxylic acids is 1. The predicted molar refractivity (Wildman–Crippen MR) is 80.9 cm³/mol. The average molecular weight is 301 g/mol. The summed E-state index contributed by atoms with van der Waals surface area (Å²) in [6.45, 7) is 0. The second kappa shape index (κ2) is 6.62. The topological polar surface area (TPSA) is 84.9 Å². The Hall–Kier alpha value is -3.02. The maximum atomic E-state index is 12.3. The minimum absolute atomic E-state index is 0.0170. The van der Waals surface area contributed by atoms with Gasteiger partial charge in [0.15, 0.2) is 0 Å². The van der Waals surface area contributed by atoms with Crippen LogP contribution in [0, 0.1) is 0 Å². The van der Waals surface area contributed by atoms with Crippen LogP contribution in [-0.2, 0) is 0 Å². The Kier molecular flexibility index (Phi) is 4.63. The Balaban J connectivity index is 2.32. The number of carboxylic acid groups (broad SMARTS) is 1. The zero-order chi connectivity index (χ0) is 16.1. The third-order valence-corrected chi connectivity index (χ3v) is 3.06. The van der Waals surface area contributed by atoms with E-state index in [4.69, 9.17) is 14.6 Å². The Morgan fingerprint density at radius 3 is 2.36 bits per heavy atom. The van der Waals surface area contributed by atoms with Crippen LogP contribution in [-0.4, -0.2) is 31.2 Å². The van der Waals surface area contributed by atoms with Crippen molar-refractivity contribution in [2.45, 2.75) is 0 Å². The van der Waals surface area contributed by atoms with Gasteiger partial charge in [-0.1, -0.05) is 12.1 Å². The molecular formula is C16H15NO5. The van der Waals surface area contributed by atoms with E-state index in [2.05, 4.69) is 5.32 Å². The molecule has 0 aromatic heterocycles. The highest BCUT2D eigenvalue weighted by Gasteiger charge is 2.16. The predicted octanol–water partition coefficient (Wildman–Crippen LogP) is 2.65. The number of aromatic carboxylic acids is 1. The molecule has 0 unspecified atom stereocenters. The normalized spacial score (nSPS) is 9.91. The van der Waals surface area contributed by atoms with Crippen molar-refractivity contribution in [1.29, 1.82) is 0 Å². The molecule has 6 nitrogen and oxygen atoms in total. The van der Waals surface area contributed by atoms with Crippen molar-refractivity contribution in [3.05, 3.63) is 53.6 Å². The highest BCUT2D eigenvalue weighted by atomic mass is 16.5. The highest BCUT2D eigenvalue weighted by molar-refractivity contribution is 6.09. The first-order valence-corrected chi connectivity index (χ1v) is 6.42. The molecule has 0 saturated carbocycles. The molecule has 0 aliphatic rings. The van der Waals surface area contributed by atoms with E-state index < -0.39 is 11.9 Å². The van der Waals surface area contributed by atoms with Crippen LogP contribution >= 0.6 is 0 Å². The number of amides is 1. The van der Waals surface area contributed by atoms with Gasteiger partial charge in [0.05, 0.1) is 31.0 Å². The third kappa shape index (κ3) is 3.17. The Bertz CT molecular complexity index is 711. The van der Waals surface area contributed by atoms with Crippen molar-refractivity contribution in [2.24, 2.45) is 0 Å². The first-order chi connectivity index (χ1) is 10.6. The van der Waals surface area contributed by atoms with Crippen LogP contribution in [0.15, 0.2) is 42.5 Å². The molecule has 0 aliphatic carbocycles. The van der Waals surface area contributed by atoms with E-state index in [9.17, 15) is 9.59 Å². The number of carbonyl (C=O) groups is 2. The summed E-state index contributed by atoms with van der Waals surface area (Å²) in [5.74, 6) is -0.685. The summed E-state index contributed by atoms with van der Waals surface area (Å²) in [6, 6.07) is 10.9. The molecule has 2 rings (SSSR count). The van der Waals surface area contributed by atoms with Gasteiger partial charge in [0, 0.05) is 6.07 Å². The number of benzene rings is 2. The number of nitrogens with one attached hydrogen (secondary N) is 1. The molecule has 0 bridgehead atoms. The second-order valence-corrected chi connectivity index (χ2v) is 4.37. The van der Waals surface area contributed by atoms with E-state index in [1.54, 1.807) is 30.3 Å². The summed E-state index contributed by atoms with van der Waals surface area (Å²) >= 11 is 0. The minimum atomic E-state index is -1.11. The molecule has 0 spiro atoms. The molecule has 114 valence electrons. The standard InChI is InChI=1S/C16H15NO5/c1-21-10-7-8-12(14(9-10)22-2)15(18)17-13-6-4-3-5-11(13)16(19)20/h3-9H,1-2H3,(H,17,18)(H,19,20). The van der Waals surface area contributed by atoms with Gasteiger partial charge < -0.3 is 19.9 Å². The fourth-order valence-electron chi connectivity index (χ4n) is 1.95. The number of ether oxygens (including phenoxy) is 2. The summed E-state index contributed by atoms with van der Waals surface area (Å²) in [5.41, 5.74) is 0.518. The molecule has 1 amide bonds. The van der Waals surface area contributed by atoms with Gasteiger partial charge in [-0.25, -0.2) is 4.79 Å². The minimum Gasteiger partial charge on any atom is -0.497 e. The Labute approximate surface area is 127 Å². The van der Waals surface area contributed by atoms with Gasteiger partial charge >= 0.3 is 5.97 Å². The summed E-state index contributed by atoms with van der Waals surface area (Å²) < 4.78 is 10.2. The van der Waals surface area contributed by atoms with E-state index in [1.807, 2.05) is 0 Å². The molecule has 0 radical (unpaired) electrons. The van der Waals surface area contributed by atoms with Crippen molar-refractivity contribution in [1.82, 2.24) is 0 Å². The van der Waals surface area contributed by atoms with Crippen molar-refractivity contribution in [3.8, 4) is 11.5 Å². The van der Waals surface area contributed by atoms with E-state index in [1.165, 1.54) is 26.4 Å². The monoisotopic (exact) mass is 301 g/mol. The van der Waals surface area contributed by atoms with Gasteiger partial charge in [-0.2, -0.15) is 0 Å². The second-order valence-electron chi connectivity index (χ2n) is 4.37. The van der Waals surface area contributed by atoms with Crippen molar-refractivity contribution < 1.29 is 24.2 Å². The first kappa shape index (κ1) is 15.4. The first-order valence-electron chi connectivity index (χ1n) is 6.42. The van der Waals surface area contributed by atoms with Gasteiger partial charge in [-0.05, 0) is 24.3 Å². The van der Waals surface area contributed by atoms with Gasteiger partial charge in [-0.15, -0.1) is 0 Å². The summed E-state index contributed by atoms with van der Waals surface area (Å²) in [6.07, 6.45) is 0. The van der Waals surface area contributed by atoms with E-state index in [0.717, 1.165) is 0 Å². The molecule has 2 N–H and O–H groups in total. The van der Waals surface area contributed by atoms with Crippen molar-refractivity contribution >= 4 is 17.6 Å². The molecule has 2 aromatic rings. The summed E-state index contributed by atoms with van der Waals surface area (Å²) in [4.78, 5) is 23.5. The smallest absolute Gasteiger partial charge is 0.337 e. The molecule has 0 aliphatic heterocycles. The molecule has 0 heterocycles. The lowest BCUT2D eigenvalue weighted by Gasteiger charge is -2.12. The zero-order valence-corrected chi connectivity index (χ0v) is 12.1. The molecular weight excluding hydrogens is 286 g/mol. The van der Waals surface area contributed by atoms with Crippen molar-refractivity contribution in [3.63, 3.8) is 0 Å². The molecule has 6 heteroatoms. The van der Waals surface area contributed by atoms with E-state index in [-0.39, 0.29) is 16.8 Å². The summed E-state index contributed by atoms with van der Waals surface area (Å²) in [7, 11) is 2.95. The van der Waals surface area contributed by atoms with Crippen LogP contribution in [0.3, 0.4) is 0 Å². The van der Waals surface area contributed by atoms with Crippen molar-refractivity contribution in [2.75, 3.05) is 19.5 Å². The van der Waals surface area contributed by atoms with Crippen LogP contribution < -0.4 is 14.8 Å². The number of methoxy groups -OCH3 is 2. The zero-order valence-electron chi connectivity index (χ0n) is 12.1. The van der Waals surface area contributed by atoms with Crippen LogP contribution in [0.4, 0.5) is 5.69 Å². The van der Waals surface area contributed by atoms with Gasteiger partial charge in [0.1, 0.15) is 11.5 Å². The number of anilines is 1. The number of para-hydroxylation sites is 1. The maximum Gasteiger partial charge on any atom is 0.337 e. The molecule has 2 aromatic carbocycles. The number of hydrogen-bond acceptors (Lipinski definition) is 4. The fourth-order valence-corrected chi connectivity index (χ4v) is 1.95. The molecule has 0 fully saturated rings. The average Bonchev–Trinajstić information content (AvgIpc) is 2.54. The lowest BCUT2D eigenvalue weighted by atomic mass is 10.1. The van der Waals surface area contributed by atoms with Crippen LogP contribution in [0.1, 0.15) is 20.7 Å². The fraction of sp³-hybridized carbons (Fsp3) is 0.125. The number of rotatable bonds is 5. The third-order valence-electron chi connectivity index (χ3n) is 3.06. The SMILES string of the molecule is COc1ccc(C(=O)Nc2ccccc2C(=O)O)c(OC)c1. The van der Waals surface area contributed by atoms with Gasteiger partial charge in [-0.3, -0.25) is 4.79 Å². The molecule has 0 atom stereocenters. The lowest BCUT2D eigenvalue weighted by molar-refractivity contribution is 0.0698. The number of hydrogen-bond donors (Lipinski definition) is 2. The van der Waals surface area contributed by atoms with Gasteiger partial charge in [0.2, 0.25) is 0 Å². The van der Waals surface area contributed by atoms with Crippen LogP contribution in [0.25, 0.3) is 0 Å². The van der Waals surface area contributed by atoms with E-state index in [0.29, 0.717) is 11.5 Å². The maximum absolute atomic E-state index is 12.3. The molecule has 0 saturated heterocycles. The lowest BCUT2D eigenvalue weighted by Crippen LogP contribution is -2.15. The van der Waals surface area contributed by atoms with Gasteiger partial charge in [0.25, 0.3) is 5.91 Å². The van der Waals surface area contributed by atoms with Crippen LogP contribution in [0.2, 0.25) is 0 Å². The quantitative estimate of drug-likeness (QED) is 0.887. The van der Waals surface area contributed by atoms with E-state index >= 15 is 0 Å². The van der Waals surface area contributed by atoms with Crippen LogP contribution in [0.5, 0.6) is 11.5 Å². The molecule has 22 heavy (non-hydrogen) atoms. The summed E-state index contributed by atoms with van der Waals surface area (Å²) in [5, 5.41) is 11.7. The Morgan fingerprint density at radius 1 is 1.00 bits per heavy atom. The highest BCUT2D eigenvalue weighted by Crippen LogP contribution is 2.26.